The van der Waals surface area contributed by atoms with Crippen molar-refractivity contribution in [1.82, 2.24) is 20.2 Å². The van der Waals surface area contributed by atoms with Gasteiger partial charge in [0.15, 0.2) is 0 Å². The summed E-state index contributed by atoms with van der Waals surface area (Å²) in [6, 6.07) is 7.43. The van der Waals surface area contributed by atoms with Crippen molar-refractivity contribution in [3.05, 3.63) is 53.5 Å². The molecule has 0 radical (unpaired) electrons. The number of amides is 1. The van der Waals surface area contributed by atoms with Crippen LogP contribution in [-0.4, -0.2) is 85.0 Å². The number of hydrogen-bond acceptors (Lipinski definition) is 8. The Balaban J connectivity index is 0.00000253. The fraction of sp³-hybridized carbons (Fsp3) is 0.621. The molecule has 1 aromatic carbocycles. The van der Waals surface area contributed by atoms with E-state index in [0.717, 1.165) is 62.8 Å². The van der Waals surface area contributed by atoms with Crippen LogP contribution in [0, 0.1) is 0 Å². The molecule has 1 aromatic heterocycles. The van der Waals surface area contributed by atoms with Gasteiger partial charge in [0, 0.05) is 54.4 Å². The zero-order chi connectivity index (χ0) is 28.8. The quantitative estimate of drug-likeness (QED) is 0.463. The van der Waals surface area contributed by atoms with E-state index in [1.165, 1.54) is 18.5 Å². The first-order chi connectivity index (χ1) is 19.8. The van der Waals surface area contributed by atoms with Gasteiger partial charge in [-0.25, -0.2) is 9.97 Å². The maximum absolute atomic E-state index is 13.2. The minimum Gasteiger partial charge on any atom is -0.379 e. The van der Waals surface area contributed by atoms with E-state index in [0.29, 0.717) is 43.8 Å². The Labute approximate surface area is 241 Å². The van der Waals surface area contributed by atoms with Crippen LogP contribution >= 0.6 is 0 Å². The molecule has 0 spiro atoms. The third-order valence-corrected chi connectivity index (χ3v) is 8.19. The third-order valence-electron chi connectivity index (χ3n) is 8.19. The molecule has 5 rings (SSSR count). The van der Waals surface area contributed by atoms with Gasteiger partial charge in [0.2, 0.25) is 0 Å². The van der Waals surface area contributed by atoms with Gasteiger partial charge in [-0.05, 0) is 56.2 Å². The number of piperidine rings is 1. The van der Waals surface area contributed by atoms with Crippen molar-refractivity contribution in [2.75, 3.05) is 45.3 Å². The van der Waals surface area contributed by atoms with Gasteiger partial charge >= 0.3 is 6.18 Å². The average molecular weight is 582 g/mol. The second-order valence-electron chi connectivity index (χ2n) is 10.9. The highest BCUT2D eigenvalue weighted by atomic mass is 19.4. The molecular weight excluding hydrogens is 539 g/mol. The SMILES string of the molecule is CO[C@@H]1COCC[C@@H]1NC1CCN(C(=O)c2cc(NC[C@H]3CCC[C@@H](c4ccc(C(F)(F)F)cc4)O3)ncn2)CC1.[HH].[HH]. The van der Waals surface area contributed by atoms with E-state index in [-0.39, 0.29) is 33.1 Å². The summed E-state index contributed by atoms with van der Waals surface area (Å²) in [6.07, 6.45) is 1.77. The summed E-state index contributed by atoms with van der Waals surface area (Å²) in [5.41, 5.74) is 0.411. The third kappa shape index (κ3) is 7.73. The van der Waals surface area contributed by atoms with Crippen LogP contribution in [0.1, 0.15) is 69.1 Å². The first-order valence-corrected chi connectivity index (χ1v) is 14.3. The largest absolute Gasteiger partial charge is 0.416 e. The number of ether oxygens (including phenoxy) is 3. The Hall–Kier alpha value is -2.80. The van der Waals surface area contributed by atoms with Crippen molar-refractivity contribution < 1.29 is 35.0 Å². The van der Waals surface area contributed by atoms with Crippen LogP contribution in [0.4, 0.5) is 19.0 Å². The minimum absolute atomic E-state index is 0. The van der Waals surface area contributed by atoms with Gasteiger partial charge in [-0.1, -0.05) is 12.1 Å². The topological polar surface area (TPSA) is 97.8 Å². The highest BCUT2D eigenvalue weighted by molar-refractivity contribution is 5.93. The van der Waals surface area contributed by atoms with E-state index in [4.69, 9.17) is 14.2 Å². The van der Waals surface area contributed by atoms with Gasteiger partial charge in [-0.15, -0.1) is 0 Å². The van der Waals surface area contributed by atoms with E-state index in [2.05, 4.69) is 20.6 Å². The Morgan fingerprint density at radius 3 is 2.63 bits per heavy atom. The molecule has 0 saturated carbocycles. The molecule has 4 atom stereocenters. The standard InChI is InChI=1S/C29H38F3N5O4.2H2/c1-39-26-17-40-14-11-23(26)36-21-9-12-37(13-10-21)28(38)24-15-27(35-18-34-24)33-16-22-3-2-4-25(41-22)19-5-7-20(8-6-19)29(30,31)32;;/h5-8,15,18,21-23,25-26,36H,2-4,9-14,16-17H2,1H3,(H,33,34,35);2*1H/t22-,23+,25+,26-;;/m1../s1. The summed E-state index contributed by atoms with van der Waals surface area (Å²) in [6.45, 7) is 3.08. The number of benzene rings is 1. The number of rotatable bonds is 8. The summed E-state index contributed by atoms with van der Waals surface area (Å²) in [4.78, 5) is 23.5. The number of methoxy groups -OCH3 is 1. The predicted octanol–water partition coefficient (Wildman–Crippen LogP) is 4.71. The summed E-state index contributed by atoms with van der Waals surface area (Å²) < 4.78 is 56.0. The summed E-state index contributed by atoms with van der Waals surface area (Å²) >= 11 is 0. The minimum atomic E-state index is -4.36. The lowest BCUT2D eigenvalue weighted by Gasteiger charge is -2.38. The normalized spacial score (nSPS) is 26.1. The smallest absolute Gasteiger partial charge is 0.379 e. The number of aromatic nitrogens is 2. The molecule has 41 heavy (non-hydrogen) atoms. The van der Waals surface area contributed by atoms with Gasteiger partial charge in [0.25, 0.3) is 5.91 Å². The van der Waals surface area contributed by atoms with Crippen LogP contribution in [0.2, 0.25) is 0 Å². The molecule has 3 saturated heterocycles. The monoisotopic (exact) mass is 581 g/mol. The number of nitrogens with one attached hydrogen (secondary N) is 2. The van der Waals surface area contributed by atoms with Gasteiger partial charge in [0.1, 0.15) is 17.8 Å². The number of nitrogens with zero attached hydrogens (tertiary/aromatic N) is 3. The Bertz CT molecular complexity index is 1160. The Morgan fingerprint density at radius 2 is 1.90 bits per heavy atom. The number of anilines is 1. The van der Waals surface area contributed by atoms with E-state index in [1.807, 2.05) is 4.90 Å². The lowest BCUT2D eigenvalue weighted by Crippen LogP contribution is -2.54. The molecule has 0 aliphatic carbocycles. The van der Waals surface area contributed by atoms with Crippen LogP contribution in [0.15, 0.2) is 36.7 Å². The first-order valence-electron chi connectivity index (χ1n) is 14.3. The van der Waals surface area contributed by atoms with Crippen LogP contribution < -0.4 is 10.6 Å². The lowest BCUT2D eigenvalue weighted by atomic mass is 9.97. The number of carbonyl (C=O) groups excluding carboxylic acids is 1. The van der Waals surface area contributed by atoms with Crippen molar-refractivity contribution in [2.45, 2.75) is 75.1 Å². The second-order valence-corrected chi connectivity index (χ2v) is 10.9. The summed E-state index contributed by atoms with van der Waals surface area (Å²) in [7, 11) is 1.71. The van der Waals surface area contributed by atoms with Gasteiger partial charge in [-0.2, -0.15) is 13.2 Å². The molecule has 2 aromatic rings. The van der Waals surface area contributed by atoms with Gasteiger partial charge < -0.3 is 29.7 Å². The molecule has 0 unspecified atom stereocenters. The predicted molar refractivity (Wildman–Crippen MR) is 150 cm³/mol. The maximum Gasteiger partial charge on any atom is 0.416 e. The molecule has 2 N–H and O–H groups in total. The van der Waals surface area contributed by atoms with Gasteiger partial charge in [0.05, 0.1) is 30.5 Å². The van der Waals surface area contributed by atoms with Crippen molar-refractivity contribution in [2.24, 2.45) is 0 Å². The van der Waals surface area contributed by atoms with Crippen LogP contribution in [-0.2, 0) is 20.4 Å². The highest BCUT2D eigenvalue weighted by Crippen LogP contribution is 2.34. The van der Waals surface area contributed by atoms with E-state index >= 15 is 0 Å². The second kappa shape index (κ2) is 13.5. The first kappa shape index (κ1) is 29.7. The lowest BCUT2D eigenvalue weighted by molar-refractivity contribution is -0.137. The maximum atomic E-state index is 13.2. The number of hydrogen-bond donors (Lipinski definition) is 2. The highest BCUT2D eigenvalue weighted by Gasteiger charge is 2.32. The molecule has 1 amide bonds. The Kier molecular flexibility index (Phi) is 9.74. The molecule has 12 heteroatoms. The summed E-state index contributed by atoms with van der Waals surface area (Å²) in [5.74, 6) is 0.413. The summed E-state index contributed by atoms with van der Waals surface area (Å²) in [5, 5.41) is 6.95. The number of carbonyl (C=O) groups is 1. The molecule has 3 fully saturated rings. The number of halogens is 3. The van der Waals surface area contributed by atoms with E-state index in [1.54, 1.807) is 13.2 Å². The molecular formula is C29H42F3N5O4. The average Bonchev–Trinajstić information content (AvgIpc) is 3.00. The van der Waals surface area contributed by atoms with Crippen molar-refractivity contribution in [3.63, 3.8) is 0 Å². The van der Waals surface area contributed by atoms with E-state index < -0.39 is 11.7 Å². The molecule has 9 nitrogen and oxygen atoms in total. The number of alkyl halides is 3. The number of likely N-dealkylation sites (tertiary alicyclic amines) is 1. The zero-order valence-corrected chi connectivity index (χ0v) is 23.2. The van der Waals surface area contributed by atoms with Crippen LogP contribution in [0.3, 0.4) is 0 Å². The van der Waals surface area contributed by atoms with Crippen LogP contribution in [0.5, 0.6) is 0 Å². The fourth-order valence-corrected chi connectivity index (χ4v) is 5.82. The molecule has 3 aliphatic heterocycles. The van der Waals surface area contributed by atoms with Crippen molar-refractivity contribution >= 4 is 11.7 Å². The molecule has 0 bridgehead atoms. The van der Waals surface area contributed by atoms with E-state index in [9.17, 15) is 18.0 Å². The van der Waals surface area contributed by atoms with Crippen LogP contribution in [0.25, 0.3) is 0 Å². The molecule has 4 heterocycles. The zero-order valence-electron chi connectivity index (χ0n) is 23.2. The van der Waals surface area contributed by atoms with Crippen molar-refractivity contribution in [3.8, 4) is 0 Å². The van der Waals surface area contributed by atoms with Gasteiger partial charge in [-0.3, -0.25) is 4.79 Å². The van der Waals surface area contributed by atoms with Crippen molar-refractivity contribution in [1.29, 1.82) is 0 Å². The molecule has 3 aliphatic rings. The Morgan fingerprint density at radius 1 is 1.12 bits per heavy atom. The fourth-order valence-electron chi connectivity index (χ4n) is 5.82. The molecule has 228 valence electrons.